The molecule has 1 saturated heterocycles. The third-order valence-corrected chi connectivity index (χ3v) is 7.10. The number of hydrogen-bond acceptors (Lipinski definition) is 3. The Bertz CT molecular complexity index is 403. The van der Waals surface area contributed by atoms with Gasteiger partial charge in [-0.1, -0.05) is 19.8 Å². The van der Waals surface area contributed by atoms with E-state index >= 15 is 0 Å². The van der Waals surface area contributed by atoms with Crippen LogP contribution in [-0.2, 0) is 14.3 Å². The molecule has 1 unspecified atom stereocenters. The van der Waals surface area contributed by atoms with Gasteiger partial charge in [-0.25, -0.2) is 9.78 Å². The van der Waals surface area contributed by atoms with E-state index in [9.17, 15) is 4.57 Å². The molecular formula is C17H31O5P. The molecule has 134 valence electrons. The SMILES string of the molecule is C1C2CC3CC1CC(C2)C3C1COO1.CCCCCP(=O)(O)O. The van der Waals surface area contributed by atoms with Crippen LogP contribution in [0.1, 0.15) is 58.3 Å². The lowest BCUT2D eigenvalue weighted by atomic mass is 9.51. The molecule has 0 amide bonds. The fourth-order valence-electron chi connectivity index (χ4n) is 5.46. The van der Waals surface area contributed by atoms with Crippen molar-refractivity contribution < 1.29 is 24.1 Å². The Hall–Kier alpha value is 0.0700. The van der Waals surface area contributed by atoms with Crippen molar-refractivity contribution in [3.8, 4) is 0 Å². The number of unbranched alkanes of at least 4 members (excludes halogenated alkanes) is 2. The summed E-state index contributed by atoms with van der Waals surface area (Å²) in [6, 6.07) is 0. The monoisotopic (exact) mass is 346 g/mol. The molecule has 1 aliphatic heterocycles. The molecule has 2 N–H and O–H groups in total. The minimum absolute atomic E-state index is 0.0425. The fourth-order valence-corrected chi connectivity index (χ4v) is 6.10. The standard InChI is InChI=1S/C12H18O2.C5H13O3P/c1-7-2-9-4-8(1)5-10(3-7)12(9)11-6-13-14-11;1-2-3-4-5-9(6,7)8/h7-12H,1-6H2;2-5H2,1H3,(H2,6,7,8). The van der Waals surface area contributed by atoms with Gasteiger partial charge in [-0.3, -0.25) is 4.57 Å². The van der Waals surface area contributed by atoms with Gasteiger partial charge in [-0.05, 0) is 68.1 Å². The molecule has 1 atom stereocenters. The van der Waals surface area contributed by atoms with Crippen LogP contribution in [0.2, 0.25) is 0 Å². The molecule has 5 aliphatic rings. The van der Waals surface area contributed by atoms with Crippen molar-refractivity contribution in [1.82, 2.24) is 0 Å². The molecule has 4 aliphatic carbocycles. The van der Waals surface area contributed by atoms with Crippen LogP contribution in [0.5, 0.6) is 0 Å². The van der Waals surface area contributed by atoms with Gasteiger partial charge in [0.05, 0.1) is 0 Å². The van der Waals surface area contributed by atoms with E-state index in [-0.39, 0.29) is 6.16 Å². The second-order valence-electron chi connectivity index (χ2n) is 8.02. The average Bonchev–Trinajstić information content (AvgIpc) is 2.39. The van der Waals surface area contributed by atoms with Crippen molar-refractivity contribution in [2.24, 2.45) is 29.6 Å². The lowest BCUT2D eigenvalue weighted by molar-refractivity contribution is -0.443. The predicted octanol–water partition coefficient (Wildman–Crippen LogP) is 3.74. The molecule has 5 fully saturated rings. The average molecular weight is 346 g/mol. The minimum Gasteiger partial charge on any atom is -0.324 e. The van der Waals surface area contributed by atoms with Gasteiger partial charge in [0.25, 0.3) is 0 Å². The van der Waals surface area contributed by atoms with Crippen LogP contribution in [0.15, 0.2) is 0 Å². The Labute approximate surface area is 139 Å². The van der Waals surface area contributed by atoms with E-state index in [2.05, 4.69) is 0 Å². The molecular weight excluding hydrogens is 315 g/mol. The molecule has 0 aromatic rings. The van der Waals surface area contributed by atoms with Crippen molar-refractivity contribution in [3.63, 3.8) is 0 Å². The Morgan fingerprint density at radius 3 is 1.96 bits per heavy atom. The zero-order chi connectivity index (χ0) is 16.4. The summed E-state index contributed by atoms with van der Waals surface area (Å²) >= 11 is 0. The van der Waals surface area contributed by atoms with Gasteiger partial charge in [0.2, 0.25) is 0 Å². The Morgan fingerprint density at radius 1 is 1.00 bits per heavy atom. The number of hydrogen-bond donors (Lipinski definition) is 2. The first-order chi connectivity index (χ1) is 11.0. The normalized spacial score (nSPS) is 41.2. The van der Waals surface area contributed by atoms with Crippen LogP contribution in [0.25, 0.3) is 0 Å². The minimum atomic E-state index is -3.70. The van der Waals surface area contributed by atoms with Crippen molar-refractivity contribution in [3.05, 3.63) is 0 Å². The van der Waals surface area contributed by atoms with E-state index in [0.29, 0.717) is 12.5 Å². The molecule has 4 saturated carbocycles. The third-order valence-electron chi connectivity index (χ3n) is 6.21. The summed E-state index contributed by atoms with van der Waals surface area (Å²) in [5, 5.41) is 0. The zero-order valence-electron chi connectivity index (χ0n) is 14.1. The van der Waals surface area contributed by atoms with Gasteiger partial charge in [0.15, 0.2) is 0 Å². The smallest absolute Gasteiger partial charge is 0.324 e. The topological polar surface area (TPSA) is 76.0 Å². The summed E-state index contributed by atoms with van der Waals surface area (Å²) < 4.78 is 10.2. The molecule has 1 heterocycles. The molecule has 5 rings (SSSR count). The van der Waals surface area contributed by atoms with Crippen molar-refractivity contribution in [2.45, 2.75) is 64.4 Å². The Morgan fingerprint density at radius 2 is 1.57 bits per heavy atom. The Balaban J connectivity index is 0.000000154. The van der Waals surface area contributed by atoms with Crippen LogP contribution in [-0.4, -0.2) is 28.7 Å². The molecule has 0 spiro atoms. The summed E-state index contributed by atoms with van der Waals surface area (Å²) in [5.74, 6) is 4.99. The molecule has 0 radical (unpaired) electrons. The maximum atomic E-state index is 10.2. The highest BCUT2D eigenvalue weighted by atomic mass is 31.2. The first-order valence-corrected chi connectivity index (χ1v) is 11.1. The van der Waals surface area contributed by atoms with Gasteiger partial charge in [0, 0.05) is 6.16 Å². The highest BCUT2D eigenvalue weighted by molar-refractivity contribution is 7.51. The molecule has 6 heteroatoms. The maximum absolute atomic E-state index is 10.2. The second-order valence-corrected chi connectivity index (χ2v) is 9.80. The lowest BCUT2D eigenvalue weighted by Crippen LogP contribution is -2.53. The van der Waals surface area contributed by atoms with E-state index in [4.69, 9.17) is 19.6 Å². The van der Waals surface area contributed by atoms with Crippen LogP contribution in [0.3, 0.4) is 0 Å². The van der Waals surface area contributed by atoms with E-state index in [0.717, 1.165) is 49.0 Å². The van der Waals surface area contributed by atoms with E-state index < -0.39 is 7.60 Å². The van der Waals surface area contributed by atoms with Crippen LogP contribution >= 0.6 is 7.60 Å². The van der Waals surface area contributed by atoms with Crippen molar-refractivity contribution in [1.29, 1.82) is 0 Å². The summed E-state index contributed by atoms with van der Waals surface area (Å²) in [4.78, 5) is 26.9. The second kappa shape index (κ2) is 7.53. The van der Waals surface area contributed by atoms with E-state index in [1.165, 1.54) is 25.7 Å². The lowest BCUT2D eigenvalue weighted by Gasteiger charge is -2.56. The molecule has 0 aromatic carbocycles. The summed E-state index contributed by atoms with van der Waals surface area (Å²) in [6.45, 7) is 2.87. The highest BCUT2D eigenvalue weighted by Gasteiger charge is 2.52. The maximum Gasteiger partial charge on any atom is 0.325 e. The summed E-state index contributed by atoms with van der Waals surface area (Å²) in [6.07, 6.45) is 10.6. The first-order valence-electron chi connectivity index (χ1n) is 9.29. The third kappa shape index (κ3) is 4.58. The largest absolute Gasteiger partial charge is 0.325 e. The van der Waals surface area contributed by atoms with Gasteiger partial charge in [-0.2, -0.15) is 0 Å². The zero-order valence-corrected chi connectivity index (χ0v) is 15.0. The quantitative estimate of drug-likeness (QED) is 0.450. The van der Waals surface area contributed by atoms with E-state index in [1.807, 2.05) is 6.92 Å². The fraction of sp³-hybridized carbons (Fsp3) is 1.00. The van der Waals surface area contributed by atoms with Crippen LogP contribution in [0.4, 0.5) is 0 Å². The van der Waals surface area contributed by atoms with Crippen LogP contribution in [0, 0.1) is 29.6 Å². The summed E-state index contributed by atoms with van der Waals surface area (Å²) in [5.41, 5.74) is 0. The van der Waals surface area contributed by atoms with Gasteiger partial charge >= 0.3 is 7.60 Å². The molecule has 23 heavy (non-hydrogen) atoms. The highest BCUT2D eigenvalue weighted by Crippen LogP contribution is 2.58. The first kappa shape index (κ1) is 17.9. The summed E-state index contributed by atoms with van der Waals surface area (Å²) in [7, 11) is -3.70. The van der Waals surface area contributed by atoms with Gasteiger partial charge in [-0.15, -0.1) is 0 Å². The van der Waals surface area contributed by atoms with Crippen molar-refractivity contribution >= 4 is 7.60 Å². The number of rotatable bonds is 5. The molecule has 0 aromatic heterocycles. The Kier molecular flexibility index (Phi) is 5.85. The predicted molar refractivity (Wildman–Crippen MR) is 87.8 cm³/mol. The van der Waals surface area contributed by atoms with Gasteiger partial charge < -0.3 is 9.79 Å². The molecule has 5 nitrogen and oxygen atoms in total. The van der Waals surface area contributed by atoms with E-state index in [1.54, 1.807) is 6.42 Å². The molecule has 4 bridgehead atoms. The van der Waals surface area contributed by atoms with Crippen molar-refractivity contribution in [2.75, 3.05) is 12.8 Å². The van der Waals surface area contributed by atoms with Crippen LogP contribution < -0.4 is 0 Å². The van der Waals surface area contributed by atoms with Gasteiger partial charge in [0.1, 0.15) is 12.7 Å².